The van der Waals surface area contributed by atoms with Gasteiger partial charge in [0.1, 0.15) is 5.82 Å². The van der Waals surface area contributed by atoms with Gasteiger partial charge in [-0.1, -0.05) is 42.5 Å². The van der Waals surface area contributed by atoms with Gasteiger partial charge in [0.05, 0.1) is 0 Å². The summed E-state index contributed by atoms with van der Waals surface area (Å²) in [5, 5.41) is 1.07. The number of rotatable bonds is 4. The van der Waals surface area contributed by atoms with Gasteiger partial charge in [-0.25, -0.2) is 9.18 Å². The van der Waals surface area contributed by atoms with Crippen molar-refractivity contribution in [2.45, 2.75) is 24.9 Å². The summed E-state index contributed by atoms with van der Waals surface area (Å²) in [5.41, 5.74) is 2.02. The van der Waals surface area contributed by atoms with Crippen molar-refractivity contribution in [1.29, 1.82) is 0 Å². The first-order chi connectivity index (χ1) is 12.8. The van der Waals surface area contributed by atoms with E-state index in [0.717, 1.165) is 16.2 Å². The molecule has 0 saturated carbocycles. The van der Waals surface area contributed by atoms with Crippen molar-refractivity contribution in [2.75, 3.05) is 13.1 Å². The smallest absolute Gasteiger partial charge is 0.361 e. The van der Waals surface area contributed by atoms with Gasteiger partial charge in [-0.15, -0.1) is 5.06 Å². The topological polar surface area (TPSA) is 29.5 Å². The Morgan fingerprint density at radius 1 is 0.963 bits per heavy atom. The van der Waals surface area contributed by atoms with Crippen LogP contribution in [0.5, 0.6) is 0 Å². The molecule has 0 amide bonds. The molecule has 1 atom stereocenters. The molecule has 2 aromatic carbocycles. The number of carbonyl (C=O) groups excluding carboxylic acids is 1. The molecule has 1 heterocycles. The minimum Gasteiger partial charge on any atom is -0.361 e. The molecular formula is C20H19F4NO2. The Hall–Kier alpha value is -2.41. The molecule has 7 heteroatoms. The third kappa shape index (κ3) is 4.86. The molecule has 1 aliphatic heterocycles. The van der Waals surface area contributed by atoms with Crippen molar-refractivity contribution in [3.63, 3.8) is 0 Å². The number of halogens is 4. The number of alkyl halides is 3. The number of benzene rings is 2. The van der Waals surface area contributed by atoms with E-state index in [2.05, 4.69) is 4.84 Å². The fourth-order valence-electron chi connectivity index (χ4n) is 3.54. The highest BCUT2D eigenvalue weighted by atomic mass is 19.4. The molecule has 0 aromatic heterocycles. The van der Waals surface area contributed by atoms with E-state index in [0.29, 0.717) is 12.8 Å². The van der Waals surface area contributed by atoms with Crippen LogP contribution in [-0.2, 0) is 9.63 Å². The van der Waals surface area contributed by atoms with Crippen LogP contribution in [0.1, 0.15) is 29.9 Å². The SMILES string of the molecule is O=C(ON1CCC(C(c2ccccc2)c2ccc(F)cc2)CC1)C(F)(F)F. The minimum atomic E-state index is -5.00. The number of nitrogens with zero attached hydrogens (tertiary/aromatic N) is 1. The lowest BCUT2D eigenvalue weighted by Crippen LogP contribution is -2.40. The number of hydroxylamine groups is 2. The quantitative estimate of drug-likeness (QED) is 0.720. The van der Waals surface area contributed by atoms with Crippen LogP contribution in [0.4, 0.5) is 17.6 Å². The van der Waals surface area contributed by atoms with Gasteiger partial charge in [-0.2, -0.15) is 13.2 Å². The van der Waals surface area contributed by atoms with Crippen LogP contribution in [0.25, 0.3) is 0 Å². The van der Waals surface area contributed by atoms with Crippen molar-refractivity contribution in [3.05, 3.63) is 71.5 Å². The lowest BCUT2D eigenvalue weighted by Gasteiger charge is -2.35. The average molecular weight is 381 g/mol. The molecule has 1 saturated heterocycles. The normalized spacial score (nSPS) is 17.5. The van der Waals surface area contributed by atoms with Crippen molar-refractivity contribution in [2.24, 2.45) is 5.92 Å². The summed E-state index contributed by atoms with van der Waals surface area (Å²) in [7, 11) is 0. The molecule has 1 fully saturated rings. The predicted molar refractivity (Wildman–Crippen MR) is 91.1 cm³/mol. The lowest BCUT2D eigenvalue weighted by atomic mass is 9.76. The van der Waals surface area contributed by atoms with E-state index in [-0.39, 0.29) is 30.7 Å². The Morgan fingerprint density at radius 2 is 1.52 bits per heavy atom. The van der Waals surface area contributed by atoms with Crippen LogP contribution in [-0.4, -0.2) is 30.3 Å². The molecule has 0 spiro atoms. The van der Waals surface area contributed by atoms with Gasteiger partial charge in [0.2, 0.25) is 0 Å². The molecule has 2 aromatic rings. The van der Waals surface area contributed by atoms with Crippen LogP contribution in [0.2, 0.25) is 0 Å². The van der Waals surface area contributed by atoms with Gasteiger partial charge >= 0.3 is 12.1 Å². The Bertz CT molecular complexity index is 754. The van der Waals surface area contributed by atoms with Crippen molar-refractivity contribution >= 4 is 5.97 Å². The van der Waals surface area contributed by atoms with Crippen molar-refractivity contribution in [3.8, 4) is 0 Å². The molecule has 0 aliphatic carbocycles. The zero-order valence-electron chi connectivity index (χ0n) is 14.5. The summed E-state index contributed by atoms with van der Waals surface area (Å²) in [6.45, 7) is 0.439. The summed E-state index contributed by atoms with van der Waals surface area (Å²) >= 11 is 0. The van der Waals surface area contributed by atoms with Crippen LogP contribution in [0.15, 0.2) is 54.6 Å². The Morgan fingerprint density at radius 3 is 2.07 bits per heavy atom. The van der Waals surface area contributed by atoms with E-state index in [9.17, 15) is 22.4 Å². The van der Waals surface area contributed by atoms with Gasteiger partial charge in [-0.05, 0) is 42.0 Å². The fraction of sp³-hybridized carbons (Fsp3) is 0.350. The first-order valence-corrected chi connectivity index (χ1v) is 8.69. The average Bonchev–Trinajstić information content (AvgIpc) is 2.65. The van der Waals surface area contributed by atoms with Gasteiger partial charge in [0.15, 0.2) is 0 Å². The van der Waals surface area contributed by atoms with Crippen molar-refractivity contribution < 1.29 is 27.2 Å². The van der Waals surface area contributed by atoms with Crippen LogP contribution < -0.4 is 0 Å². The standard InChI is InChI=1S/C20H19F4NO2/c21-17-8-6-15(7-9-17)18(14-4-2-1-3-5-14)16-10-12-25(13-11-16)27-19(26)20(22,23)24/h1-9,16,18H,10-13H2. The highest BCUT2D eigenvalue weighted by Crippen LogP contribution is 2.38. The first kappa shape index (κ1) is 19.4. The largest absolute Gasteiger partial charge is 0.492 e. The number of hydrogen-bond donors (Lipinski definition) is 0. The van der Waals surface area contributed by atoms with E-state index in [1.54, 1.807) is 12.1 Å². The predicted octanol–water partition coefficient (Wildman–Crippen LogP) is 4.69. The van der Waals surface area contributed by atoms with E-state index < -0.39 is 12.1 Å². The van der Waals surface area contributed by atoms with Gasteiger partial charge in [0.25, 0.3) is 0 Å². The number of hydrogen-bond acceptors (Lipinski definition) is 3. The number of piperidine rings is 1. The summed E-state index contributed by atoms with van der Waals surface area (Å²) in [4.78, 5) is 15.4. The Kier molecular flexibility index (Phi) is 5.79. The molecular weight excluding hydrogens is 362 g/mol. The fourth-order valence-corrected chi connectivity index (χ4v) is 3.54. The number of carbonyl (C=O) groups is 1. The molecule has 1 aliphatic rings. The second kappa shape index (κ2) is 8.08. The Balaban J connectivity index is 1.73. The molecule has 3 rings (SSSR count). The summed E-state index contributed by atoms with van der Waals surface area (Å²) in [5.74, 6) is -2.38. The maximum Gasteiger partial charge on any atom is 0.492 e. The van der Waals surface area contributed by atoms with Crippen molar-refractivity contribution in [1.82, 2.24) is 5.06 Å². The second-order valence-electron chi connectivity index (χ2n) is 6.58. The Labute approximate surface area is 154 Å². The van der Waals surface area contributed by atoms with Gasteiger partial charge in [0, 0.05) is 19.0 Å². The molecule has 0 radical (unpaired) electrons. The third-order valence-corrected chi connectivity index (χ3v) is 4.80. The van der Waals surface area contributed by atoms with E-state index >= 15 is 0 Å². The molecule has 1 unspecified atom stereocenters. The van der Waals surface area contributed by atoms with Crippen LogP contribution >= 0.6 is 0 Å². The zero-order chi connectivity index (χ0) is 19.4. The van der Waals surface area contributed by atoms with Crippen LogP contribution in [0, 0.1) is 11.7 Å². The third-order valence-electron chi connectivity index (χ3n) is 4.80. The maximum absolute atomic E-state index is 13.3. The second-order valence-corrected chi connectivity index (χ2v) is 6.58. The van der Waals surface area contributed by atoms with Gasteiger partial charge < -0.3 is 4.84 Å². The zero-order valence-corrected chi connectivity index (χ0v) is 14.5. The van der Waals surface area contributed by atoms with E-state index in [1.807, 2.05) is 30.3 Å². The van der Waals surface area contributed by atoms with Gasteiger partial charge in [-0.3, -0.25) is 0 Å². The molecule has 0 N–H and O–H groups in total. The van der Waals surface area contributed by atoms with E-state index in [4.69, 9.17) is 0 Å². The minimum absolute atomic E-state index is 0.00716. The molecule has 0 bridgehead atoms. The summed E-state index contributed by atoms with van der Waals surface area (Å²) in [6.07, 6.45) is -3.89. The highest BCUT2D eigenvalue weighted by Gasteiger charge is 2.43. The van der Waals surface area contributed by atoms with Crippen LogP contribution in [0.3, 0.4) is 0 Å². The molecule has 3 nitrogen and oxygen atoms in total. The van der Waals surface area contributed by atoms with E-state index in [1.165, 1.54) is 12.1 Å². The highest BCUT2D eigenvalue weighted by molar-refractivity contribution is 5.75. The summed E-state index contributed by atoms with van der Waals surface area (Å²) < 4.78 is 50.4. The first-order valence-electron chi connectivity index (χ1n) is 8.69. The maximum atomic E-state index is 13.3. The summed E-state index contributed by atoms with van der Waals surface area (Å²) in [6, 6.07) is 16.0. The molecule has 144 valence electrons. The monoisotopic (exact) mass is 381 g/mol. The molecule has 27 heavy (non-hydrogen) atoms. The lowest BCUT2D eigenvalue weighted by molar-refractivity contribution is -0.242.